The van der Waals surface area contributed by atoms with Crippen molar-refractivity contribution in [1.82, 2.24) is 14.9 Å². The zero-order chi connectivity index (χ0) is 17.8. The van der Waals surface area contributed by atoms with E-state index in [0.29, 0.717) is 19.5 Å². The number of rotatable bonds is 4. The molecule has 0 unspecified atom stereocenters. The van der Waals surface area contributed by atoms with Crippen LogP contribution in [-0.4, -0.2) is 54.1 Å². The van der Waals surface area contributed by atoms with Crippen LogP contribution in [0.25, 0.3) is 0 Å². The second-order valence-corrected chi connectivity index (χ2v) is 6.36. The quantitative estimate of drug-likeness (QED) is 0.852. The molecule has 0 atom stereocenters. The number of aryl methyl sites for hydroxylation is 2. The molecular formula is C19H24N4O2. The summed E-state index contributed by atoms with van der Waals surface area (Å²) >= 11 is 0. The van der Waals surface area contributed by atoms with E-state index in [1.807, 2.05) is 24.8 Å². The first kappa shape index (κ1) is 17.2. The molecule has 1 aliphatic heterocycles. The van der Waals surface area contributed by atoms with E-state index < -0.39 is 0 Å². The third-order valence-corrected chi connectivity index (χ3v) is 4.59. The van der Waals surface area contributed by atoms with Crippen LogP contribution in [0.4, 0.5) is 5.95 Å². The summed E-state index contributed by atoms with van der Waals surface area (Å²) < 4.78 is 5.47. The van der Waals surface area contributed by atoms with Crippen molar-refractivity contribution in [3.8, 4) is 5.75 Å². The lowest BCUT2D eigenvalue weighted by Crippen LogP contribution is -2.49. The molecule has 2 heterocycles. The number of anilines is 1. The van der Waals surface area contributed by atoms with E-state index in [0.717, 1.165) is 41.5 Å². The standard InChI is InChI=1S/C19H24N4O2/c1-14-11-15(2)16(17(12-14)25-3)13-18(24)22-7-9-23(10-8-22)19-20-5-4-6-21-19/h4-6,11-12H,7-10,13H2,1-3H3. The van der Waals surface area contributed by atoms with Crippen LogP contribution in [0.2, 0.25) is 0 Å². The van der Waals surface area contributed by atoms with Gasteiger partial charge in [-0.25, -0.2) is 9.97 Å². The maximum absolute atomic E-state index is 12.7. The first-order valence-electron chi connectivity index (χ1n) is 8.52. The van der Waals surface area contributed by atoms with Crippen molar-refractivity contribution < 1.29 is 9.53 Å². The highest BCUT2D eigenvalue weighted by molar-refractivity contribution is 5.80. The van der Waals surface area contributed by atoms with Crippen LogP contribution >= 0.6 is 0 Å². The molecule has 1 aromatic carbocycles. The van der Waals surface area contributed by atoms with E-state index in [2.05, 4.69) is 20.9 Å². The molecule has 25 heavy (non-hydrogen) atoms. The minimum Gasteiger partial charge on any atom is -0.496 e. The van der Waals surface area contributed by atoms with Gasteiger partial charge >= 0.3 is 0 Å². The van der Waals surface area contributed by atoms with Gasteiger partial charge in [-0.3, -0.25) is 4.79 Å². The molecule has 2 aromatic rings. The molecule has 3 rings (SSSR count). The number of ether oxygens (including phenoxy) is 1. The van der Waals surface area contributed by atoms with Gasteiger partial charge in [-0.15, -0.1) is 0 Å². The molecule has 0 radical (unpaired) electrons. The van der Waals surface area contributed by atoms with Crippen molar-refractivity contribution in [2.45, 2.75) is 20.3 Å². The molecule has 1 fully saturated rings. The summed E-state index contributed by atoms with van der Waals surface area (Å²) in [5.74, 6) is 1.66. The zero-order valence-electron chi connectivity index (χ0n) is 15.0. The van der Waals surface area contributed by atoms with E-state index in [9.17, 15) is 4.79 Å². The Morgan fingerprint density at radius 2 is 1.80 bits per heavy atom. The molecule has 0 aliphatic carbocycles. The molecule has 132 valence electrons. The largest absolute Gasteiger partial charge is 0.496 e. The molecule has 1 aliphatic rings. The minimum absolute atomic E-state index is 0.138. The molecule has 1 saturated heterocycles. The minimum atomic E-state index is 0.138. The highest BCUT2D eigenvalue weighted by Crippen LogP contribution is 2.25. The smallest absolute Gasteiger partial charge is 0.227 e. The van der Waals surface area contributed by atoms with Gasteiger partial charge in [0, 0.05) is 44.1 Å². The summed E-state index contributed by atoms with van der Waals surface area (Å²) in [5.41, 5.74) is 3.22. The maximum atomic E-state index is 12.7. The molecule has 0 saturated carbocycles. The van der Waals surface area contributed by atoms with Gasteiger partial charge in [0.25, 0.3) is 0 Å². The lowest BCUT2D eigenvalue weighted by molar-refractivity contribution is -0.130. The number of aromatic nitrogens is 2. The first-order chi connectivity index (χ1) is 12.1. The lowest BCUT2D eigenvalue weighted by atomic mass is 10.0. The Morgan fingerprint density at radius 1 is 1.12 bits per heavy atom. The van der Waals surface area contributed by atoms with Gasteiger partial charge in [-0.2, -0.15) is 0 Å². The Kier molecular flexibility index (Phi) is 5.16. The summed E-state index contributed by atoms with van der Waals surface area (Å²) in [5, 5.41) is 0. The number of benzene rings is 1. The fourth-order valence-electron chi connectivity index (χ4n) is 3.24. The van der Waals surface area contributed by atoms with Crippen LogP contribution in [0, 0.1) is 13.8 Å². The number of amides is 1. The van der Waals surface area contributed by atoms with Crippen LogP contribution in [0.3, 0.4) is 0 Å². The molecule has 1 amide bonds. The number of carbonyl (C=O) groups is 1. The number of hydrogen-bond acceptors (Lipinski definition) is 5. The van der Waals surface area contributed by atoms with Gasteiger partial charge in [0.1, 0.15) is 5.75 Å². The molecular weight excluding hydrogens is 316 g/mol. The molecule has 0 N–H and O–H groups in total. The number of hydrogen-bond donors (Lipinski definition) is 0. The molecule has 0 spiro atoms. The third-order valence-electron chi connectivity index (χ3n) is 4.59. The second kappa shape index (κ2) is 7.51. The predicted molar refractivity (Wildman–Crippen MR) is 97.0 cm³/mol. The Hall–Kier alpha value is -2.63. The molecule has 1 aromatic heterocycles. The van der Waals surface area contributed by atoms with E-state index in [1.54, 1.807) is 25.6 Å². The lowest BCUT2D eigenvalue weighted by Gasteiger charge is -2.34. The Bertz CT molecular complexity index is 741. The molecule has 6 heteroatoms. The van der Waals surface area contributed by atoms with Crippen LogP contribution in [0.1, 0.15) is 16.7 Å². The predicted octanol–water partition coefficient (Wildman–Crippen LogP) is 1.99. The molecule has 6 nitrogen and oxygen atoms in total. The summed E-state index contributed by atoms with van der Waals surface area (Å²) in [4.78, 5) is 25.3. The monoisotopic (exact) mass is 340 g/mol. The Morgan fingerprint density at radius 3 is 2.44 bits per heavy atom. The SMILES string of the molecule is COc1cc(C)cc(C)c1CC(=O)N1CCN(c2ncccn2)CC1. The van der Waals surface area contributed by atoms with Gasteiger partial charge < -0.3 is 14.5 Å². The van der Waals surface area contributed by atoms with Crippen molar-refractivity contribution in [2.24, 2.45) is 0 Å². The number of methoxy groups -OCH3 is 1. The first-order valence-corrected chi connectivity index (χ1v) is 8.52. The van der Waals surface area contributed by atoms with E-state index in [-0.39, 0.29) is 5.91 Å². The van der Waals surface area contributed by atoms with Gasteiger partial charge in [0.05, 0.1) is 13.5 Å². The summed E-state index contributed by atoms with van der Waals surface area (Å²) in [6.45, 7) is 6.93. The number of carbonyl (C=O) groups excluding carboxylic acids is 1. The number of piperazine rings is 1. The Balaban J connectivity index is 1.64. The van der Waals surface area contributed by atoms with Crippen molar-refractivity contribution in [2.75, 3.05) is 38.2 Å². The van der Waals surface area contributed by atoms with Gasteiger partial charge in [-0.05, 0) is 37.1 Å². The fraction of sp³-hybridized carbons (Fsp3) is 0.421. The maximum Gasteiger partial charge on any atom is 0.227 e. The van der Waals surface area contributed by atoms with Gasteiger partial charge in [-0.1, -0.05) is 6.07 Å². The topological polar surface area (TPSA) is 58.6 Å². The second-order valence-electron chi connectivity index (χ2n) is 6.36. The van der Waals surface area contributed by atoms with Crippen molar-refractivity contribution in [3.05, 3.63) is 47.3 Å². The summed E-state index contributed by atoms with van der Waals surface area (Å²) in [7, 11) is 1.65. The van der Waals surface area contributed by atoms with Crippen molar-refractivity contribution >= 4 is 11.9 Å². The highest BCUT2D eigenvalue weighted by Gasteiger charge is 2.23. The zero-order valence-corrected chi connectivity index (χ0v) is 15.0. The fourth-order valence-corrected chi connectivity index (χ4v) is 3.24. The van der Waals surface area contributed by atoms with Crippen molar-refractivity contribution in [1.29, 1.82) is 0 Å². The average molecular weight is 340 g/mol. The summed E-state index contributed by atoms with van der Waals surface area (Å²) in [6, 6.07) is 5.89. The van der Waals surface area contributed by atoms with Crippen LogP contribution in [-0.2, 0) is 11.2 Å². The Labute approximate surface area is 148 Å². The number of nitrogens with zero attached hydrogens (tertiary/aromatic N) is 4. The normalized spacial score (nSPS) is 14.5. The van der Waals surface area contributed by atoms with E-state index in [4.69, 9.17) is 4.74 Å². The molecule has 0 bridgehead atoms. The summed E-state index contributed by atoms with van der Waals surface area (Å²) in [6.07, 6.45) is 3.86. The van der Waals surface area contributed by atoms with Crippen LogP contribution < -0.4 is 9.64 Å². The third kappa shape index (κ3) is 3.90. The highest BCUT2D eigenvalue weighted by atomic mass is 16.5. The van der Waals surface area contributed by atoms with Crippen LogP contribution in [0.15, 0.2) is 30.6 Å². The van der Waals surface area contributed by atoms with Gasteiger partial charge in [0.2, 0.25) is 11.9 Å². The van der Waals surface area contributed by atoms with Crippen LogP contribution in [0.5, 0.6) is 5.75 Å². The average Bonchev–Trinajstić information content (AvgIpc) is 2.64. The van der Waals surface area contributed by atoms with Crippen molar-refractivity contribution in [3.63, 3.8) is 0 Å². The van der Waals surface area contributed by atoms with E-state index in [1.165, 1.54) is 0 Å². The van der Waals surface area contributed by atoms with Gasteiger partial charge in [0.15, 0.2) is 0 Å². The van der Waals surface area contributed by atoms with E-state index >= 15 is 0 Å².